The van der Waals surface area contributed by atoms with Gasteiger partial charge >= 0.3 is 5.97 Å². The number of nitrogens with zero attached hydrogens (tertiary/aromatic N) is 3. The van der Waals surface area contributed by atoms with Crippen LogP contribution >= 0.6 is 34.8 Å². The lowest BCUT2D eigenvalue weighted by Gasteiger charge is -2.06. The molecule has 19 heavy (non-hydrogen) atoms. The van der Waals surface area contributed by atoms with E-state index in [1.54, 1.807) is 18.3 Å². The van der Waals surface area contributed by atoms with Crippen LogP contribution in [0.3, 0.4) is 0 Å². The molecule has 0 aliphatic carbocycles. The summed E-state index contributed by atoms with van der Waals surface area (Å²) >= 11 is 17.9. The SMILES string of the molecule is O=C(O)CCc1cn(-c2c(Cl)cc(Cl)cc2Cl)nn1. The second kappa shape index (κ2) is 5.77. The number of carbonyl (C=O) groups is 1. The van der Waals surface area contributed by atoms with E-state index in [1.807, 2.05) is 0 Å². The molecule has 0 aliphatic heterocycles. The Morgan fingerprint density at radius 3 is 2.47 bits per heavy atom. The highest BCUT2D eigenvalue weighted by Gasteiger charge is 2.12. The van der Waals surface area contributed by atoms with E-state index < -0.39 is 5.97 Å². The fraction of sp³-hybridized carbons (Fsp3) is 0.182. The van der Waals surface area contributed by atoms with Gasteiger partial charge in [-0.05, 0) is 12.1 Å². The van der Waals surface area contributed by atoms with E-state index in [-0.39, 0.29) is 12.8 Å². The van der Waals surface area contributed by atoms with Gasteiger partial charge in [0.15, 0.2) is 0 Å². The van der Waals surface area contributed by atoms with Crippen molar-refractivity contribution in [3.05, 3.63) is 39.1 Å². The number of hydrogen-bond donors (Lipinski definition) is 1. The smallest absolute Gasteiger partial charge is 0.303 e. The highest BCUT2D eigenvalue weighted by Crippen LogP contribution is 2.31. The molecule has 5 nitrogen and oxygen atoms in total. The van der Waals surface area contributed by atoms with Crippen LogP contribution in [0.4, 0.5) is 0 Å². The van der Waals surface area contributed by atoms with Gasteiger partial charge in [0, 0.05) is 11.4 Å². The highest BCUT2D eigenvalue weighted by atomic mass is 35.5. The van der Waals surface area contributed by atoms with Crippen molar-refractivity contribution in [2.24, 2.45) is 0 Å². The second-order valence-electron chi connectivity index (χ2n) is 3.77. The van der Waals surface area contributed by atoms with E-state index in [0.29, 0.717) is 26.4 Å². The van der Waals surface area contributed by atoms with Crippen LogP contribution in [-0.2, 0) is 11.2 Å². The molecule has 1 aromatic heterocycles. The second-order valence-corrected chi connectivity index (χ2v) is 5.02. The zero-order valence-corrected chi connectivity index (χ0v) is 11.7. The minimum atomic E-state index is -0.892. The molecule has 0 unspecified atom stereocenters. The summed E-state index contributed by atoms with van der Waals surface area (Å²) in [6, 6.07) is 3.09. The Morgan fingerprint density at radius 1 is 1.26 bits per heavy atom. The maximum Gasteiger partial charge on any atom is 0.303 e. The van der Waals surface area contributed by atoms with Gasteiger partial charge in [0.05, 0.1) is 28.4 Å². The Balaban J connectivity index is 2.30. The lowest BCUT2D eigenvalue weighted by molar-refractivity contribution is -0.136. The first-order chi connectivity index (χ1) is 8.97. The van der Waals surface area contributed by atoms with Gasteiger partial charge in [-0.1, -0.05) is 40.0 Å². The maximum atomic E-state index is 10.5. The topological polar surface area (TPSA) is 68.0 Å². The van der Waals surface area contributed by atoms with Crippen molar-refractivity contribution in [3.8, 4) is 5.69 Å². The Kier molecular flexibility index (Phi) is 4.29. The molecule has 0 spiro atoms. The third kappa shape index (κ3) is 3.37. The van der Waals surface area contributed by atoms with Gasteiger partial charge in [0.25, 0.3) is 0 Å². The van der Waals surface area contributed by atoms with Crippen molar-refractivity contribution < 1.29 is 9.90 Å². The molecule has 0 saturated carbocycles. The Hall–Kier alpha value is -1.30. The Morgan fingerprint density at radius 2 is 1.89 bits per heavy atom. The average molecular weight is 321 g/mol. The lowest BCUT2D eigenvalue weighted by atomic mass is 10.2. The summed E-state index contributed by atoms with van der Waals surface area (Å²) < 4.78 is 1.40. The van der Waals surface area contributed by atoms with Crippen molar-refractivity contribution in [3.63, 3.8) is 0 Å². The van der Waals surface area contributed by atoms with Crippen LogP contribution in [0.5, 0.6) is 0 Å². The van der Waals surface area contributed by atoms with E-state index in [9.17, 15) is 4.79 Å². The van der Waals surface area contributed by atoms with Crippen molar-refractivity contribution in [2.75, 3.05) is 0 Å². The van der Waals surface area contributed by atoms with Gasteiger partial charge in [-0.3, -0.25) is 4.79 Å². The number of carboxylic acids is 1. The number of benzene rings is 1. The lowest BCUT2D eigenvalue weighted by Crippen LogP contribution is -1.98. The summed E-state index contributed by atoms with van der Waals surface area (Å²) in [5.41, 5.74) is 1.01. The van der Waals surface area contributed by atoms with Gasteiger partial charge in [-0.15, -0.1) is 5.10 Å². The number of carboxylic acid groups (broad SMARTS) is 1. The summed E-state index contributed by atoms with van der Waals surface area (Å²) in [6.07, 6.45) is 1.86. The van der Waals surface area contributed by atoms with Crippen LogP contribution in [0.2, 0.25) is 15.1 Å². The van der Waals surface area contributed by atoms with Crippen molar-refractivity contribution in [1.82, 2.24) is 15.0 Å². The predicted molar refractivity (Wildman–Crippen MR) is 72.3 cm³/mol. The van der Waals surface area contributed by atoms with Crippen LogP contribution in [0.15, 0.2) is 18.3 Å². The normalized spacial score (nSPS) is 10.7. The summed E-state index contributed by atoms with van der Waals surface area (Å²) in [4.78, 5) is 10.5. The predicted octanol–water partition coefficient (Wildman–Crippen LogP) is 3.24. The zero-order chi connectivity index (χ0) is 14.0. The van der Waals surface area contributed by atoms with Crippen LogP contribution in [0.25, 0.3) is 5.69 Å². The number of aliphatic carboxylic acids is 1. The first kappa shape index (κ1) is 14.1. The largest absolute Gasteiger partial charge is 0.481 e. The number of halogens is 3. The van der Waals surface area contributed by atoms with Gasteiger partial charge in [-0.25, -0.2) is 4.68 Å². The van der Waals surface area contributed by atoms with Crippen molar-refractivity contribution in [1.29, 1.82) is 0 Å². The fourth-order valence-corrected chi connectivity index (χ4v) is 2.50. The monoisotopic (exact) mass is 319 g/mol. The molecule has 0 aliphatic rings. The molecular formula is C11H8Cl3N3O2. The van der Waals surface area contributed by atoms with Gasteiger partial charge in [0.2, 0.25) is 0 Å². The molecule has 0 amide bonds. The minimum absolute atomic E-state index is 0.0131. The first-order valence-corrected chi connectivity index (χ1v) is 6.38. The minimum Gasteiger partial charge on any atom is -0.481 e. The molecule has 0 atom stereocenters. The number of aryl methyl sites for hydroxylation is 1. The molecule has 1 aromatic carbocycles. The van der Waals surface area contributed by atoms with Gasteiger partial charge < -0.3 is 5.11 Å². The molecule has 1 heterocycles. The molecule has 2 rings (SSSR count). The summed E-state index contributed by atoms with van der Waals surface area (Å²) in [5, 5.41) is 17.5. The highest BCUT2D eigenvalue weighted by molar-refractivity contribution is 6.40. The van der Waals surface area contributed by atoms with E-state index in [1.165, 1.54) is 4.68 Å². The standard InChI is InChI=1S/C11H8Cl3N3O2/c12-6-3-8(13)11(9(14)4-6)17-5-7(15-16-17)1-2-10(18)19/h3-5H,1-2H2,(H,18,19). The van der Waals surface area contributed by atoms with E-state index in [4.69, 9.17) is 39.9 Å². The number of hydrogen-bond acceptors (Lipinski definition) is 3. The molecule has 0 bridgehead atoms. The third-order valence-corrected chi connectivity index (χ3v) is 3.14. The molecule has 0 fully saturated rings. The first-order valence-electron chi connectivity index (χ1n) is 5.25. The zero-order valence-electron chi connectivity index (χ0n) is 9.48. The molecule has 2 aromatic rings. The maximum absolute atomic E-state index is 10.5. The Labute approximate surface area is 123 Å². The number of rotatable bonds is 4. The van der Waals surface area contributed by atoms with Gasteiger partial charge in [0.1, 0.15) is 5.69 Å². The van der Waals surface area contributed by atoms with E-state index in [2.05, 4.69) is 10.3 Å². The van der Waals surface area contributed by atoms with Crippen LogP contribution < -0.4 is 0 Å². The molecule has 1 N–H and O–H groups in total. The summed E-state index contributed by atoms with van der Waals surface area (Å²) in [6.45, 7) is 0. The third-order valence-electron chi connectivity index (χ3n) is 2.35. The van der Waals surface area contributed by atoms with E-state index >= 15 is 0 Å². The quantitative estimate of drug-likeness (QED) is 0.939. The van der Waals surface area contributed by atoms with Crippen molar-refractivity contribution in [2.45, 2.75) is 12.8 Å². The average Bonchev–Trinajstić information content (AvgIpc) is 2.73. The summed E-state index contributed by atoms with van der Waals surface area (Å²) in [5.74, 6) is -0.892. The molecule has 8 heteroatoms. The Bertz CT molecular complexity index is 604. The molecule has 0 radical (unpaired) electrons. The molecule has 0 saturated heterocycles. The molecule has 100 valence electrons. The summed E-state index contributed by atoms with van der Waals surface area (Å²) in [7, 11) is 0. The van der Waals surface area contributed by atoms with Gasteiger partial charge in [-0.2, -0.15) is 0 Å². The number of aromatic nitrogens is 3. The van der Waals surface area contributed by atoms with Crippen LogP contribution in [0.1, 0.15) is 12.1 Å². The van der Waals surface area contributed by atoms with Crippen LogP contribution in [-0.4, -0.2) is 26.1 Å². The fourth-order valence-electron chi connectivity index (χ4n) is 1.51. The molecular weight excluding hydrogens is 312 g/mol. The van der Waals surface area contributed by atoms with E-state index in [0.717, 1.165) is 0 Å². The van der Waals surface area contributed by atoms with Crippen molar-refractivity contribution >= 4 is 40.8 Å². The van der Waals surface area contributed by atoms with Crippen LogP contribution in [0, 0.1) is 0 Å².